The van der Waals surface area contributed by atoms with Crippen LogP contribution < -0.4 is 0 Å². The predicted octanol–water partition coefficient (Wildman–Crippen LogP) is 7.21. The van der Waals surface area contributed by atoms with E-state index in [0.717, 1.165) is 48.3 Å². The van der Waals surface area contributed by atoms with Crippen LogP contribution in [0.15, 0.2) is 53.1 Å². The summed E-state index contributed by atoms with van der Waals surface area (Å²) in [6.45, 7) is 2.46. The molecule has 2 aliphatic carbocycles. The summed E-state index contributed by atoms with van der Waals surface area (Å²) in [7, 11) is -3.57. The van der Waals surface area contributed by atoms with Crippen LogP contribution in [0.3, 0.4) is 0 Å². The molecule has 3 aromatic rings. The largest absolute Gasteiger partial charge is 0.417 e. The smallest absolute Gasteiger partial charge is 0.346 e. The second-order valence-electron chi connectivity index (χ2n) is 9.87. The Kier molecular flexibility index (Phi) is 6.28. The van der Waals surface area contributed by atoms with Gasteiger partial charge in [0.15, 0.2) is 0 Å². The van der Waals surface area contributed by atoms with Crippen LogP contribution in [0.5, 0.6) is 0 Å². The quantitative estimate of drug-likeness (QED) is 0.335. The number of alkyl halides is 3. The van der Waals surface area contributed by atoms with Gasteiger partial charge < -0.3 is 4.57 Å². The molecular weight excluding hydrogens is 473 g/mol. The van der Waals surface area contributed by atoms with E-state index in [1.54, 1.807) is 31.2 Å². The van der Waals surface area contributed by atoms with E-state index in [1.807, 2.05) is 6.20 Å². The number of rotatable bonds is 6. The van der Waals surface area contributed by atoms with Crippen LogP contribution >= 0.6 is 0 Å². The number of halogens is 3. The third-order valence-corrected chi connectivity index (χ3v) is 9.32. The maximum atomic E-state index is 13.7. The normalized spacial score (nSPS) is 18.3. The number of hydrogen-bond donors (Lipinski definition) is 0. The van der Waals surface area contributed by atoms with Crippen molar-refractivity contribution in [3.8, 4) is 11.1 Å². The number of benzene rings is 2. The van der Waals surface area contributed by atoms with Gasteiger partial charge in [-0.1, -0.05) is 49.6 Å². The summed E-state index contributed by atoms with van der Waals surface area (Å²) < 4.78 is 72.7. The Hall–Kier alpha value is -2.61. The zero-order chi connectivity index (χ0) is 24.8. The highest BCUT2D eigenvalue weighted by Gasteiger charge is 2.34. The van der Waals surface area contributed by atoms with Crippen molar-refractivity contribution in [2.75, 3.05) is 0 Å². The monoisotopic (exact) mass is 502 g/mol. The first-order valence-electron chi connectivity index (χ1n) is 12.2. The molecule has 0 aliphatic heterocycles. The number of nitrogens with zero attached hydrogens (tertiary/aromatic N) is 2. The van der Waals surface area contributed by atoms with Crippen LogP contribution in [0, 0.1) is 5.92 Å². The van der Waals surface area contributed by atoms with Gasteiger partial charge in [0.05, 0.1) is 16.5 Å². The summed E-state index contributed by atoms with van der Waals surface area (Å²) in [5.41, 5.74) is 1.90. The third-order valence-electron chi connectivity index (χ3n) is 7.48. The summed E-state index contributed by atoms with van der Waals surface area (Å²) in [6, 6.07) is 10.9. The summed E-state index contributed by atoms with van der Waals surface area (Å²) >= 11 is 0. The van der Waals surface area contributed by atoms with Gasteiger partial charge in [0.1, 0.15) is 0 Å². The van der Waals surface area contributed by atoms with E-state index in [2.05, 4.69) is 8.96 Å². The second-order valence-corrected chi connectivity index (χ2v) is 11.7. The molecule has 2 aliphatic rings. The van der Waals surface area contributed by atoms with Gasteiger partial charge in [-0.3, -0.25) is 0 Å². The van der Waals surface area contributed by atoms with E-state index in [1.165, 1.54) is 25.0 Å². The van der Waals surface area contributed by atoms with Crippen molar-refractivity contribution in [2.24, 2.45) is 10.3 Å². The Morgan fingerprint density at radius 2 is 1.74 bits per heavy atom. The van der Waals surface area contributed by atoms with Crippen LogP contribution in [0.1, 0.15) is 63.0 Å². The average Bonchev–Trinajstić information content (AvgIpc) is 3.39. The molecule has 0 unspecified atom stereocenters. The number of fused-ring (bicyclic) bond motifs is 1. The van der Waals surface area contributed by atoms with E-state index in [0.29, 0.717) is 30.0 Å². The molecule has 186 valence electrons. The number of hydrogen-bond acceptors (Lipinski definition) is 2. The first-order valence-corrected chi connectivity index (χ1v) is 13.7. The molecule has 5 rings (SSSR count). The molecule has 0 spiro atoms. The molecule has 0 bridgehead atoms. The lowest BCUT2D eigenvalue weighted by atomic mass is 9.97. The fourth-order valence-electron chi connectivity index (χ4n) is 5.34. The van der Waals surface area contributed by atoms with Gasteiger partial charge in [-0.15, -0.1) is 0 Å². The van der Waals surface area contributed by atoms with Crippen molar-refractivity contribution in [2.45, 2.75) is 69.8 Å². The van der Waals surface area contributed by atoms with Gasteiger partial charge in [-0.05, 0) is 61.8 Å². The van der Waals surface area contributed by atoms with Gasteiger partial charge in [0, 0.05) is 29.2 Å². The van der Waals surface area contributed by atoms with Crippen molar-refractivity contribution in [3.63, 3.8) is 0 Å². The maximum absolute atomic E-state index is 13.7. The Labute approximate surface area is 203 Å². The van der Waals surface area contributed by atoms with Gasteiger partial charge >= 0.3 is 6.18 Å². The standard InChI is InChI=1S/C27H29F3N2O2S/c1-18(31-35(33,34)21-9-6-10-21)24-17-32(16-19-7-2-3-8-19)26-15-20(13-14-23(24)26)22-11-4-5-12-25(22)27(28,29)30/h4-5,11-15,17,19,21H,2-3,6-10,16H2,1H3. The minimum Gasteiger partial charge on any atom is -0.346 e. The summed E-state index contributed by atoms with van der Waals surface area (Å²) in [5.74, 6) is 0.500. The molecule has 2 fully saturated rings. The molecule has 0 atom stereocenters. The maximum Gasteiger partial charge on any atom is 0.417 e. The molecular formula is C27H29F3N2O2S. The van der Waals surface area contributed by atoms with Crippen LogP contribution in [0.2, 0.25) is 0 Å². The third kappa shape index (κ3) is 4.77. The molecule has 0 amide bonds. The molecule has 0 N–H and O–H groups in total. The van der Waals surface area contributed by atoms with Crippen molar-refractivity contribution >= 4 is 26.6 Å². The van der Waals surface area contributed by atoms with Crippen LogP contribution in [0.25, 0.3) is 22.0 Å². The fraction of sp³-hybridized carbons (Fsp3) is 0.444. The molecule has 35 heavy (non-hydrogen) atoms. The molecule has 1 aromatic heterocycles. The molecule has 2 saturated carbocycles. The van der Waals surface area contributed by atoms with Gasteiger partial charge in [0.2, 0.25) is 0 Å². The Morgan fingerprint density at radius 1 is 1.03 bits per heavy atom. The van der Waals surface area contributed by atoms with Crippen molar-refractivity contribution in [1.82, 2.24) is 4.57 Å². The molecule has 0 saturated heterocycles. The lowest BCUT2D eigenvalue weighted by Crippen LogP contribution is -2.27. The van der Waals surface area contributed by atoms with Gasteiger partial charge in [0.25, 0.3) is 10.0 Å². The van der Waals surface area contributed by atoms with Crippen molar-refractivity contribution < 1.29 is 21.6 Å². The van der Waals surface area contributed by atoms with Crippen LogP contribution in [-0.4, -0.2) is 23.9 Å². The second kappa shape index (κ2) is 9.12. The zero-order valence-corrected chi connectivity index (χ0v) is 20.5. The van der Waals surface area contributed by atoms with E-state index in [9.17, 15) is 21.6 Å². The van der Waals surface area contributed by atoms with E-state index < -0.39 is 27.0 Å². The Morgan fingerprint density at radius 3 is 2.40 bits per heavy atom. The van der Waals surface area contributed by atoms with Crippen LogP contribution in [-0.2, 0) is 22.7 Å². The van der Waals surface area contributed by atoms with E-state index in [-0.39, 0.29) is 5.56 Å². The SMILES string of the molecule is CC(=NS(=O)(=O)C1CCC1)c1cn(CC2CCCC2)c2cc(-c3ccccc3C(F)(F)F)ccc12. The Balaban J connectivity index is 1.62. The predicted molar refractivity (Wildman–Crippen MR) is 133 cm³/mol. The Bertz CT molecular complexity index is 1380. The first-order chi connectivity index (χ1) is 16.6. The molecule has 0 radical (unpaired) electrons. The lowest BCUT2D eigenvalue weighted by Gasteiger charge is -2.22. The summed E-state index contributed by atoms with van der Waals surface area (Å²) in [5, 5.41) is 0.399. The molecule has 8 heteroatoms. The topological polar surface area (TPSA) is 51.4 Å². The van der Waals surface area contributed by atoms with Gasteiger partial charge in [-0.2, -0.15) is 17.6 Å². The minimum atomic E-state index is -4.46. The minimum absolute atomic E-state index is 0.134. The molecule has 1 heterocycles. The molecule has 2 aromatic carbocycles. The van der Waals surface area contributed by atoms with E-state index >= 15 is 0 Å². The number of sulfonamides is 1. The highest BCUT2D eigenvalue weighted by Crippen LogP contribution is 2.39. The zero-order valence-electron chi connectivity index (χ0n) is 19.7. The van der Waals surface area contributed by atoms with E-state index in [4.69, 9.17) is 0 Å². The number of aromatic nitrogens is 1. The summed E-state index contributed by atoms with van der Waals surface area (Å²) in [4.78, 5) is 0. The fourth-order valence-corrected chi connectivity index (χ4v) is 6.89. The van der Waals surface area contributed by atoms with Crippen molar-refractivity contribution in [1.29, 1.82) is 0 Å². The van der Waals surface area contributed by atoms with Crippen molar-refractivity contribution in [3.05, 3.63) is 59.8 Å². The summed E-state index contributed by atoms with van der Waals surface area (Å²) in [6.07, 6.45) is 4.27. The average molecular weight is 503 g/mol. The highest BCUT2D eigenvalue weighted by atomic mass is 32.2. The van der Waals surface area contributed by atoms with Crippen LogP contribution in [0.4, 0.5) is 13.2 Å². The molecule has 4 nitrogen and oxygen atoms in total. The highest BCUT2D eigenvalue weighted by molar-refractivity contribution is 7.91. The van der Waals surface area contributed by atoms with Gasteiger partial charge in [-0.25, -0.2) is 8.42 Å². The lowest BCUT2D eigenvalue weighted by molar-refractivity contribution is -0.137. The first kappa shape index (κ1) is 24.1.